The van der Waals surface area contributed by atoms with Crippen molar-refractivity contribution in [2.45, 2.75) is 27.7 Å². The smallest absolute Gasteiger partial charge is 0.272 e. The topological polar surface area (TPSA) is 78.4 Å². The molecule has 3 rings (SSSR count). The highest BCUT2D eigenvalue weighted by Crippen LogP contribution is 2.24. The van der Waals surface area contributed by atoms with E-state index >= 15 is 0 Å². The first-order valence-corrected chi connectivity index (χ1v) is 9.06. The number of rotatable bonds is 4. The molecule has 0 atom stereocenters. The summed E-state index contributed by atoms with van der Waals surface area (Å²) in [6.07, 6.45) is 0.824. The number of anilines is 2. The van der Waals surface area contributed by atoms with Gasteiger partial charge in [0.15, 0.2) is 0 Å². The molecule has 27 heavy (non-hydrogen) atoms. The second-order valence-electron chi connectivity index (χ2n) is 7.05. The molecule has 0 saturated carbocycles. The number of carbonyl (C=O) groups excluding carboxylic acids is 2. The summed E-state index contributed by atoms with van der Waals surface area (Å²) in [6.45, 7) is 10.1. The van der Waals surface area contributed by atoms with E-state index < -0.39 is 0 Å². The zero-order valence-electron chi connectivity index (χ0n) is 16.2. The molecule has 0 bridgehead atoms. The number of aromatic nitrogens is 2. The van der Waals surface area contributed by atoms with E-state index in [4.69, 9.17) is 0 Å². The molecule has 1 saturated heterocycles. The number of nitrogens with zero attached hydrogens (tertiary/aromatic N) is 4. The van der Waals surface area contributed by atoms with Crippen LogP contribution in [-0.2, 0) is 4.79 Å². The molecule has 1 fully saturated rings. The molecule has 1 aromatic carbocycles. The molecule has 1 aliphatic rings. The average molecular weight is 367 g/mol. The lowest BCUT2D eigenvalue weighted by molar-refractivity contribution is -0.119. The second-order valence-corrected chi connectivity index (χ2v) is 7.05. The van der Waals surface area contributed by atoms with Crippen molar-refractivity contribution < 1.29 is 9.59 Å². The molecule has 2 heterocycles. The van der Waals surface area contributed by atoms with Crippen LogP contribution in [0.25, 0.3) is 0 Å². The van der Waals surface area contributed by atoms with E-state index in [0.29, 0.717) is 37.8 Å². The summed E-state index contributed by atoms with van der Waals surface area (Å²) < 4.78 is 0. The van der Waals surface area contributed by atoms with Crippen molar-refractivity contribution in [2.75, 3.05) is 31.5 Å². The highest BCUT2D eigenvalue weighted by atomic mass is 16.2. The van der Waals surface area contributed by atoms with E-state index in [-0.39, 0.29) is 5.91 Å². The predicted molar refractivity (Wildman–Crippen MR) is 104 cm³/mol. The fourth-order valence-corrected chi connectivity index (χ4v) is 3.42. The van der Waals surface area contributed by atoms with E-state index in [2.05, 4.69) is 34.3 Å². The Labute approximate surface area is 159 Å². The lowest BCUT2D eigenvalue weighted by Crippen LogP contribution is -2.48. The Bertz CT molecular complexity index is 850. The van der Waals surface area contributed by atoms with Crippen molar-refractivity contribution >= 4 is 24.0 Å². The molecule has 142 valence electrons. The molecule has 0 radical (unpaired) electrons. The molecule has 2 aromatic rings. The lowest BCUT2D eigenvalue weighted by Gasteiger charge is -2.32. The quantitative estimate of drug-likeness (QED) is 0.840. The van der Waals surface area contributed by atoms with Crippen LogP contribution in [0.2, 0.25) is 0 Å². The third-order valence-electron chi connectivity index (χ3n) is 4.74. The van der Waals surface area contributed by atoms with Crippen LogP contribution in [0.5, 0.6) is 0 Å². The molecule has 0 unspecified atom stereocenters. The van der Waals surface area contributed by atoms with Crippen LogP contribution in [0.1, 0.15) is 32.9 Å². The van der Waals surface area contributed by atoms with Gasteiger partial charge in [0.1, 0.15) is 5.69 Å². The lowest BCUT2D eigenvalue weighted by atomic mass is 10.1. The number of hydrogen-bond donors (Lipinski definition) is 1. The Balaban J connectivity index is 1.83. The van der Waals surface area contributed by atoms with Crippen LogP contribution in [0.4, 0.5) is 11.6 Å². The van der Waals surface area contributed by atoms with Gasteiger partial charge in [-0.15, -0.1) is 0 Å². The molecular weight excluding hydrogens is 342 g/mol. The van der Waals surface area contributed by atoms with E-state index in [1.54, 1.807) is 15.9 Å². The summed E-state index contributed by atoms with van der Waals surface area (Å²) in [4.78, 5) is 36.0. The van der Waals surface area contributed by atoms with Crippen LogP contribution < -0.4 is 5.32 Å². The van der Waals surface area contributed by atoms with E-state index in [0.717, 1.165) is 28.9 Å². The Morgan fingerprint density at radius 2 is 1.63 bits per heavy atom. The van der Waals surface area contributed by atoms with Crippen LogP contribution in [-0.4, -0.2) is 58.3 Å². The van der Waals surface area contributed by atoms with E-state index in [1.165, 1.54) is 5.56 Å². The minimum atomic E-state index is -0.133. The van der Waals surface area contributed by atoms with Gasteiger partial charge in [0, 0.05) is 37.6 Å². The zero-order valence-corrected chi connectivity index (χ0v) is 16.2. The van der Waals surface area contributed by atoms with Gasteiger partial charge >= 0.3 is 0 Å². The highest BCUT2D eigenvalue weighted by molar-refractivity contribution is 5.93. The fraction of sp³-hybridized carbons (Fsp3) is 0.400. The normalized spacial score (nSPS) is 14.2. The summed E-state index contributed by atoms with van der Waals surface area (Å²) >= 11 is 0. The van der Waals surface area contributed by atoms with Crippen molar-refractivity contribution in [3.8, 4) is 0 Å². The minimum Gasteiger partial charge on any atom is -0.342 e. The molecular formula is C20H25N5O2. The maximum Gasteiger partial charge on any atom is 0.272 e. The maximum atomic E-state index is 12.8. The first-order chi connectivity index (χ1) is 12.9. The van der Waals surface area contributed by atoms with Crippen LogP contribution in [0.15, 0.2) is 18.2 Å². The third-order valence-corrected chi connectivity index (χ3v) is 4.74. The van der Waals surface area contributed by atoms with Gasteiger partial charge in [-0.05, 0) is 44.9 Å². The molecule has 7 heteroatoms. The van der Waals surface area contributed by atoms with Gasteiger partial charge in [-0.1, -0.05) is 17.7 Å². The van der Waals surface area contributed by atoms with Crippen molar-refractivity contribution in [3.05, 3.63) is 46.3 Å². The summed E-state index contributed by atoms with van der Waals surface area (Å²) in [6, 6.07) is 5.90. The molecule has 1 N–H and O–H groups in total. The number of carbonyl (C=O) groups is 2. The molecule has 0 aliphatic carbocycles. The van der Waals surface area contributed by atoms with Gasteiger partial charge in [-0.2, -0.15) is 0 Å². The number of aryl methyl sites for hydroxylation is 4. The zero-order chi connectivity index (χ0) is 19.6. The van der Waals surface area contributed by atoms with Gasteiger partial charge < -0.3 is 15.1 Å². The van der Waals surface area contributed by atoms with Crippen LogP contribution >= 0.6 is 0 Å². The number of benzene rings is 1. The van der Waals surface area contributed by atoms with Crippen molar-refractivity contribution in [1.82, 2.24) is 19.8 Å². The number of nitrogens with one attached hydrogen (secondary N) is 1. The van der Waals surface area contributed by atoms with Crippen LogP contribution in [0, 0.1) is 27.7 Å². The Morgan fingerprint density at radius 1 is 1.00 bits per heavy atom. The first-order valence-electron chi connectivity index (χ1n) is 9.06. The summed E-state index contributed by atoms with van der Waals surface area (Å²) in [5, 5.41) is 3.28. The fourth-order valence-electron chi connectivity index (χ4n) is 3.42. The summed E-state index contributed by atoms with van der Waals surface area (Å²) in [5.74, 6) is 0.284. The first kappa shape index (κ1) is 18.8. The van der Waals surface area contributed by atoms with Gasteiger partial charge in [0.25, 0.3) is 5.91 Å². The number of hydrogen-bond acceptors (Lipinski definition) is 5. The minimum absolute atomic E-state index is 0.133. The van der Waals surface area contributed by atoms with Crippen molar-refractivity contribution in [1.29, 1.82) is 0 Å². The molecule has 7 nitrogen and oxygen atoms in total. The van der Waals surface area contributed by atoms with Gasteiger partial charge in [0.05, 0.1) is 0 Å². The van der Waals surface area contributed by atoms with Crippen LogP contribution in [0.3, 0.4) is 0 Å². The Kier molecular flexibility index (Phi) is 5.39. The standard InChI is InChI=1S/C20H25N5O2/c1-13-9-14(2)18(15(3)10-13)23-20-21-16(4)11-17(22-20)19(27)25-7-5-24(12-26)6-8-25/h9-12H,5-8H2,1-4H3,(H,21,22,23). The van der Waals surface area contributed by atoms with Gasteiger partial charge in [-0.25, -0.2) is 9.97 Å². The number of amides is 2. The Hall–Kier alpha value is -2.96. The van der Waals surface area contributed by atoms with E-state index in [1.807, 2.05) is 20.8 Å². The average Bonchev–Trinajstić information content (AvgIpc) is 2.63. The Morgan fingerprint density at radius 3 is 2.22 bits per heavy atom. The monoisotopic (exact) mass is 367 g/mol. The molecule has 2 amide bonds. The van der Waals surface area contributed by atoms with E-state index in [9.17, 15) is 9.59 Å². The predicted octanol–water partition coefficient (Wildman–Crippen LogP) is 2.37. The molecule has 1 aliphatic heterocycles. The maximum absolute atomic E-state index is 12.8. The second kappa shape index (κ2) is 7.73. The SMILES string of the molecule is Cc1cc(C)c(Nc2nc(C)cc(C(=O)N3CCN(C=O)CC3)n2)c(C)c1. The largest absolute Gasteiger partial charge is 0.342 e. The molecule has 1 aromatic heterocycles. The summed E-state index contributed by atoms with van der Waals surface area (Å²) in [5.41, 5.74) is 5.47. The molecule has 0 spiro atoms. The number of piperazine rings is 1. The van der Waals surface area contributed by atoms with Gasteiger partial charge in [-0.3, -0.25) is 9.59 Å². The third kappa shape index (κ3) is 4.24. The van der Waals surface area contributed by atoms with Crippen molar-refractivity contribution in [2.24, 2.45) is 0 Å². The summed E-state index contributed by atoms with van der Waals surface area (Å²) in [7, 11) is 0. The van der Waals surface area contributed by atoms with Crippen molar-refractivity contribution in [3.63, 3.8) is 0 Å². The van der Waals surface area contributed by atoms with Gasteiger partial charge in [0.2, 0.25) is 12.4 Å². The highest BCUT2D eigenvalue weighted by Gasteiger charge is 2.23.